The van der Waals surface area contributed by atoms with Gasteiger partial charge < -0.3 is 14.9 Å². The summed E-state index contributed by atoms with van der Waals surface area (Å²) < 4.78 is 73.0. The van der Waals surface area contributed by atoms with Gasteiger partial charge in [0.1, 0.15) is 26.9 Å². The second kappa shape index (κ2) is 14.6. The van der Waals surface area contributed by atoms with Crippen LogP contribution >= 0.6 is 0 Å². The number of azo groups is 1. The first-order chi connectivity index (χ1) is 19.2. The average molecular weight is 645 g/mol. The van der Waals surface area contributed by atoms with Gasteiger partial charge in [-0.15, -0.1) is 10.9 Å². The number of benzene rings is 3. The van der Waals surface area contributed by atoms with Crippen molar-refractivity contribution in [3.8, 4) is 5.75 Å². The van der Waals surface area contributed by atoms with Crippen molar-refractivity contribution >= 4 is 48.9 Å². The molecule has 0 spiro atoms. The topological polar surface area (TPSA) is 214 Å². The molecule has 0 amide bonds. The number of nitrogens with zero attached hydrogens (tertiary/aromatic N) is 4. The van der Waals surface area contributed by atoms with Crippen molar-refractivity contribution in [3.63, 3.8) is 0 Å². The molecular weight excluding hydrogens is 622 g/mol. The number of aliphatic imine (C=N–C) groups is 2. The van der Waals surface area contributed by atoms with E-state index in [0.717, 1.165) is 13.0 Å². The van der Waals surface area contributed by atoms with Crippen molar-refractivity contribution < 1.29 is 100 Å². The molecule has 13 nitrogen and oxygen atoms in total. The number of para-hydroxylation sites is 2. The van der Waals surface area contributed by atoms with E-state index in [1.165, 1.54) is 38.3 Å². The van der Waals surface area contributed by atoms with Gasteiger partial charge in [0.25, 0.3) is 20.2 Å². The van der Waals surface area contributed by atoms with E-state index in [-0.39, 0.29) is 104 Å². The summed E-state index contributed by atoms with van der Waals surface area (Å²) >= 11 is 0. The summed E-state index contributed by atoms with van der Waals surface area (Å²) in [5, 5.41) is 32.2. The molecule has 3 aromatic carbocycles. The van der Waals surface area contributed by atoms with Crippen LogP contribution in [0, 0.1) is 6.92 Å². The molecule has 1 aliphatic rings. The normalized spacial score (nSPS) is 13.9. The van der Waals surface area contributed by atoms with Crippen molar-refractivity contribution in [1.82, 2.24) is 0 Å². The molecule has 0 saturated heterocycles. The SMILES string of the molecule is COc1ccccc1N=C([O-])/C(N=Nc1ccc(C2=Nc3ccc(C)c(S(=O)(=O)O)c3C2)cc1S(=O)(=O)O)=C(/C)[O-].[Na+].[Na+]. The second-order valence-corrected chi connectivity index (χ2v) is 11.5. The molecule has 0 unspecified atom stereocenters. The Morgan fingerprint density at radius 2 is 1.63 bits per heavy atom. The van der Waals surface area contributed by atoms with Crippen molar-refractivity contribution in [1.29, 1.82) is 0 Å². The van der Waals surface area contributed by atoms with E-state index in [1.54, 1.807) is 24.3 Å². The Kier molecular flexibility index (Phi) is 12.4. The number of fused-ring (bicyclic) bond motifs is 1. The molecule has 0 bridgehead atoms. The fourth-order valence-electron chi connectivity index (χ4n) is 4.12. The summed E-state index contributed by atoms with van der Waals surface area (Å²) in [6, 6.07) is 12.9. The van der Waals surface area contributed by atoms with Crippen LogP contribution in [0.15, 0.2) is 96.1 Å². The first-order valence-electron chi connectivity index (χ1n) is 11.7. The van der Waals surface area contributed by atoms with E-state index < -0.39 is 48.2 Å². The van der Waals surface area contributed by atoms with Crippen LogP contribution in [0.3, 0.4) is 0 Å². The third-order valence-corrected chi connectivity index (χ3v) is 7.93. The fourth-order valence-corrected chi connectivity index (χ4v) is 5.74. The number of allylic oxidation sites excluding steroid dienone is 1. The van der Waals surface area contributed by atoms with Crippen molar-refractivity contribution in [2.75, 3.05) is 7.11 Å². The molecule has 0 radical (unpaired) electrons. The molecule has 0 atom stereocenters. The monoisotopic (exact) mass is 644 g/mol. The molecule has 3 aromatic rings. The molecule has 0 aromatic heterocycles. The Morgan fingerprint density at radius 1 is 0.953 bits per heavy atom. The van der Waals surface area contributed by atoms with Gasteiger partial charge in [-0.3, -0.25) is 19.1 Å². The molecule has 214 valence electrons. The zero-order chi connectivity index (χ0) is 30.1. The maximum atomic E-state index is 12.7. The van der Waals surface area contributed by atoms with Crippen LogP contribution in [0.4, 0.5) is 17.1 Å². The predicted molar refractivity (Wildman–Crippen MR) is 144 cm³/mol. The predicted octanol–water partition coefficient (Wildman–Crippen LogP) is -3.05. The zero-order valence-corrected chi connectivity index (χ0v) is 29.4. The maximum Gasteiger partial charge on any atom is 1.00 e. The van der Waals surface area contributed by atoms with Crippen molar-refractivity contribution in [2.24, 2.45) is 20.2 Å². The minimum Gasteiger partial charge on any atom is -0.874 e. The largest absolute Gasteiger partial charge is 1.00 e. The molecule has 0 aliphatic carbocycles. The standard InChI is InChI=1S/C26H24N4O9S2.2Na/c1-14-8-10-18-17(25(14)41(36,37)38)13-21(27-18)16-9-11-20(23(12-16)40(33,34)35)29-30-24(15(2)31)26(32)28-19-6-4-5-7-22(19)39-3;;/h4-12,31H,13H2,1-3H3,(H,28,32)(H,33,34,35)(H,36,37,38);;/q;2*+1/p-2/b24-15+,30-29?;;. The molecule has 17 heteroatoms. The molecule has 0 fully saturated rings. The number of hydrogen-bond acceptors (Lipinski definition) is 11. The van der Waals surface area contributed by atoms with Gasteiger partial charge in [0.05, 0.1) is 24.2 Å². The fraction of sp³-hybridized carbons (Fsp3) is 0.154. The average Bonchev–Trinajstić information content (AvgIpc) is 3.31. The van der Waals surface area contributed by atoms with Crippen LogP contribution in [0.25, 0.3) is 0 Å². The Balaban J connectivity index is 0.00000323. The minimum absolute atomic E-state index is 0. The first-order valence-corrected chi connectivity index (χ1v) is 14.6. The van der Waals surface area contributed by atoms with E-state index in [4.69, 9.17) is 4.74 Å². The third kappa shape index (κ3) is 8.39. The van der Waals surface area contributed by atoms with Crippen LogP contribution in [-0.4, -0.2) is 44.7 Å². The second-order valence-electron chi connectivity index (χ2n) is 8.77. The summed E-state index contributed by atoms with van der Waals surface area (Å²) in [7, 11) is -8.09. The quantitative estimate of drug-likeness (QED) is 0.0636. The molecule has 0 saturated carbocycles. The molecule has 1 heterocycles. The van der Waals surface area contributed by atoms with Crippen LogP contribution in [-0.2, 0) is 26.7 Å². The van der Waals surface area contributed by atoms with Crippen molar-refractivity contribution in [2.45, 2.75) is 30.1 Å². The van der Waals surface area contributed by atoms with E-state index in [2.05, 4.69) is 20.2 Å². The van der Waals surface area contributed by atoms with Gasteiger partial charge in [0, 0.05) is 17.9 Å². The van der Waals surface area contributed by atoms with Gasteiger partial charge in [-0.25, -0.2) is 0 Å². The van der Waals surface area contributed by atoms with Gasteiger partial charge >= 0.3 is 59.1 Å². The summed E-state index contributed by atoms with van der Waals surface area (Å²) in [5.74, 6) is -1.59. The number of ether oxygens (including phenoxy) is 1. The molecule has 43 heavy (non-hydrogen) atoms. The van der Waals surface area contributed by atoms with Gasteiger partial charge in [-0.2, -0.15) is 21.9 Å². The number of methoxy groups -OCH3 is 1. The van der Waals surface area contributed by atoms with E-state index in [0.29, 0.717) is 5.56 Å². The number of aryl methyl sites for hydroxylation is 1. The first kappa shape index (κ1) is 36.8. The van der Waals surface area contributed by atoms with Gasteiger partial charge in [0.2, 0.25) is 0 Å². The molecular formula is C26H22N4Na2O9S2. The smallest absolute Gasteiger partial charge is 0.874 e. The van der Waals surface area contributed by atoms with Gasteiger partial charge in [-0.1, -0.05) is 31.2 Å². The number of hydrogen-bond donors (Lipinski definition) is 2. The Labute approximate surface area is 292 Å². The Morgan fingerprint density at radius 3 is 2.23 bits per heavy atom. The Bertz CT molecular complexity index is 1900. The molecule has 4 rings (SSSR count). The minimum atomic E-state index is -4.90. The summed E-state index contributed by atoms with van der Waals surface area (Å²) in [4.78, 5) is 7.20. The van der Waals surface area contributed by atoms with Crippen LogP contribution in [0.2, 0.25) is 0 Å². The van der Waals surface area contributed by atoms with E-state index in [1.807, 2.05) is 0 Å². The number of rotatable bonds is 8. The van der Waals surface area contributed by atoms with Gasteiger partial charge in [0.15, 0.2) is 0 Å². The van der Waals surface area contributed by atoms with E-state index in [9.17, 15) is 36.2 Å². The molecule has 2 N–H and O–H groups in total. The van der Waals surface area contributed by atoms with Gasteiger partial charge in [-0.05, 0) is 48.4 Å². The summed E-state index contributed by atoms with van der Waals surface area (Å²) in [6.07, 6.45) is -0.0564. The van der Waals surface area contributed by atoms with Crippen molar-refractivity contribution in [3.05, 3.63) is 82.7 Å². The molecule has 1 aliphatic heterocycles. The van der Waals surface area contributed by atoms with Crippen LogP contribution in [0.5, 0.6) is 5.75 Å². The van der Waals surface area contributed by atoms with Crippen LogP contribution < -0.4 is 74.1 Å². The Hall–Kier alpha value is -2.44. The van der Waals surface area contributed by atoms with E-state index >= 15 is 0 Å². The summed E-state index contributed by atoms with van der Waals surface area (Å²) in [5.41, 5.74) is 0.293. The third-order valence-electron chi connectivity index (χ3n) is 5.96. The van der Waals surface area contributed by atoms with Crippen LogP contribution in [0.1, 0.15) is 23.6 Å². The zero-order valence-electron chi connectivity index (χ0n) is 23.8. The summed E-state index contributed by atoms with van der Waals surface area (Å²) in [6.45, 7) is 2.56. The maximum absolute atomic E-state index is 12.7.